The van der Waals surface area contributed by atoms with Crippen LogP contribution < -0.4 is 10.6 Å². The molecular weight excluding hydrogens is 410 g/mol. The van der Waals surface area contributed by atoms with Crippen molar-refractivity contribution in [2.45, 2.75) is 59.1 Å². The number of nitrogens with zero attached hydrogens (tertiary/aromatic N) is 5. The van der Waals surface area contributed by atoms with Gasteiger partial charge < -0.3 is 15.0 Å². The second-order valence-electron chi connectivity index (χ2n) is 9.15. The molecule has 32 heavy (non-hydrogen) atoms. The molecule has 10 heteroatoms. The molecule has 170 valence electrons. The molecule has 2 aromatic rings. The van der Waals surface area contributed by atoms with E-state index in [0.717, 1.165) is 0 Å². The van der Waals surface area contributed by atoms with Gasteiger partial charge in [0.05, 0.1) is 5.92 Å². The Morgan fingerprint density at radius 3 is 2.72 bits per heavy atom. The largest absolute Gasteiger partial charge is 0.444 e. The molecule has 0 aromatic carbocycles. The Morgan fingerprint density at radius 1 is 1.31 bits per heavy atom. The van der Waals surface area contributed by atoms with Crippen molar-refractivity contribution < 1.29 is 14.3 Å². The molecule has 1 aliphatic heterocycles. The van der Waals surface area contributed by atoms with Gasteiger partial charge in [-0.15, -0.1) is 0 Å². The molecule has 2 amide bonds. The summed E-state index contributed by atoms with van der Waals surface area (Å²) in [6.07, 6.45) is 2.51. The lowest BCUT2D eigenvalue weighted by molar-refractivity contribution is -0.121. The summed E-state index contributed by atoms with van der Waals surface area (Å²) in [5.41, 5.74) is 0.180. The summed E-state index contributed by atoms with van der Waals surface area (Å²) in [4.78, 5) is 39.8. The lowest BCUT2D eigenvalue weighted by Crippen LogP contribution is -2.45. The van der Waals surface area contributed by atoms with E-state index in [-0.39, 0.29) is 36.1 Å². The molecule has 3 heterocycles. The summed E-state index contributed by atoms with van der Waals surface area (Å²) in [6.45, 7) is 10.2. The predicted molar refractivity (Wildman–Crippen MR) is 120 cm³/mol. The maximum Gasteiger partial charge on any atom is 0.410 e. The van der Waals surface area contributed by atoms with Gasteiger partial charge in [-0.2, -0.15) is 5.26 Å². The van der Waals surface area contributed by atoms with Crippen molar-refractivity contribution in [3.05, 3.63) is 18.0 Å². The summed E-state index contributed by atoms with van der Waals surface area (Å²) < 4.78 is 5.43. The van der Waals surface area contributed by atoms with Gasteiger partial charge in [0.1, 0.15) is 22.9 Å². The molecule has 0 spiro atoms. The zero-order valence-electron chi connectivity index (χ0n) is 19.1. The Bertz CT molecular complexity index is 1060. The molecular formula is C22H29N7O3. The number of ether oxygens (including phenoxy) is 1. The lowest BCUT2D eigenvalue weighted by Gasteiger charge is -2.33. The number of nitrogens with one attached hydrogen (secondary N) is 2. The number of piperidine rings is 1. The van der Waals surface area contributed by atoms with E-state index in [9.17, 15) is 14.9 Å². The molecule has 3 rings (SSSR count). The van der Waals surface area contributed by atoms with Crippen molar-refractivity contribution in [3.8, 4) is 6.07 Å². The Morgan fingerprint density at radius 2 is 2.06 bits per heavy atom. The summed E-state index contributed by atoms with van der Waals surface area (Å²) in [5, 5.41) is 15.8. The van der Waals surface area contributed by atoms with Gasteiger partial charge in [0.2, 0.25) is 11.9 Å². The first-order valence-electron chi connectivity index (χ1n) is 10.7. The van der Waals surface area contributed by atoms with Crippen molar-refractivity contribution >= 4 is 34.7 Å². The maximum absolute atomic E-state index is 12.9. The van der Waals surface area contributed by atoms with Crippen LogP contribution in [-0.4, -0.2) is 56.6 Å². The number of pyridine rings is 1. The third kappa shape index (κ3) is 5.81. The van der Waals surface area contributed by atoms with Gasteiger partial charge in [0, 0.05) is 30.7 Å². The third-order valence-electron chi connectivity index (χ3n) is 4.78. The highest BCUT2D eigenvalue weighted by atomic mass is 16.6. The zero-order valence-corrected chi connectivity index (χ0v) is 19.1. The van der Waals surface area contributed by atoms with Crippen LogP contribution in [0.15, 0.2) is 12.3 Å². The van der Waals surface area contributed by atoms with Crippen molar-refractivity contribution in [2.75, 3.05) is 23.7 Å². The number of hydrogen-bond donors (Lipinski definition) is 2. The number of rotatable bonds is 4. The number of amides is 2. The lowest BCUT2D eigenvalue weighted by atomic mass is 9.97. The maximum atomic E-state index is 12.9. The van der Waals surface area contributed by atoms with E-state index < -0.39 is 11.7 Å². The van der Waals surface area contributed by atoms with Crippen LogP contribution in [0.4, 0.5) is 16.6 Å². The van der Waals surface area contributed by atoms with Gasteiger partial charge in [0.25, 0.3) is 0 Å². The molecule has 0 unspecified atom stereocenters. The van der Waals surface area contributed by atoms with E-state index in [1.54, 1.807) is 17.2 Å². The van der Waals surface area contributed by atoms with Crippen molar-refractivity contribution in [1.29, 1.82) is 5.26 Å². The van der Waals surface area contributed by atoms with Crippen LogP contribution in [0.3, 0.4) is 0 Å². The predicted octanol–water partition coefficient (Wildman–Crippen LogP) is 3.30. The Kier molecular flexibility index (Phi) is 6.77. The normalized spacial score (nSPS) is 16.5. The first-order chi connectivity index (χ1) is 15.1. The van der Waals surface area contributed by atoms with Crippen LogP contribution in [0.25, 0.3) is 10.9 Å². The van der Waals surface area contributed by atoms with Gasteiger partial charge in [-0.05, 0) is 53.5 Å². The number of hydrogen-bond acceptors (Lipinski definition) is 8. The first kappa shape index (κ1) is 23.2. The summed E-state index contributed by atoms with van der Waals surface area (Å²) in [7, 11) is 0. The van der Waals surface area contributed by atoms with Gasteiger partial charge >= 0.3 is 6.09 Å². The summed E-state index contributed by atoms with van der Waals surface area (Å²) in [5.74, 6) is -0.0311. The topological polar surface area (TPSA) is 133 Å². The van der Waals surface area contributed by atoms with Gasteiger partial charge in [-0.25, -0.2) is 19.7 Å². The molecule has 1 aliphatic rings. The fourth-order valence-electron chi connectivity index (χ4n) is 3.43. The van der Waals surface area contributed by atoms with Crippen molar-refractivity contribution in [3.63, 3.8) is 0 Å². The zero-order chi connectivity index (χ0) is 23.5. The smallest absolute Gasteiger partial charge is 0.410 e. The minimum Gasteiger partial charge on any atom is -0.444 e. The van der Waals surface area contributed by atoms with Gasteiger partial charge in [0.15, 0.2) is 5.82 Å². The molecule has 2 aromatic heterocycles. The molecule has 0 aliphatic carbocycles. The van der Waals surface area contributed by atoms with Gasteiger partial charge in [-0.1, -0.05) is 0 Å². The second-order valence-corrected chi connectivity index (χ2v) is 9.15. The summed E-state index contributed by atoms with van der Waals surface area (Å²) in [6, 6.07) is 3.71. The SMILES string of the molecule is CC(C)Nc1nc(C#N)cc2cnc(NC(=O)[C@H]3CCCN(C(=O)OC(C)(C)C)C3)nc12. The minimum atomic E-state index is -0.591. The molecule has 0 saturated carbocycles. The van der Waals surface area contributed by atoms with E-state index in [1.165, 1.54) is 0 Å². The number of carbonyl (C=O) groups is 2. The average molecular weight is 440 g/mol. The van der Waals surface area contributed by atoms with Crippen molar-refractivity contribution in [2.24, 2.45) is 5.92 Å². The molecule has 1 atom stereocenters. The Balaban J connectivity index is 1.76. The van der Waals surface area contributed by atoms with Crippen molar-refractivity contribution in [1.82, 2.24) is 19.9 Å². The number of likely N-dealkylation sites (tertiary alicyclic amines) is 1. The highest BCUT2D eigenvalue weighted by molar-refractivity contribution is 5.94. The highest BCUT2D eigenvalue weighted by Gasteiger charge is 2.31. The number of nitriles is 1. The monoisotopic (exact) mass is 439 g/mol. The highest BCUT2D eigenvalue weighted by Crippen LogP contribution is 2.24. The molecule has 2 N–H and O–H groups in total. The van der Waals surface area contributed by atoms with E-state index in [0.29, 0.717) is 36.1 Å². The molecule has 10 nitrogen and oxygen atoms in total. The van der Waals surface area contributed by atoms with E-state index in [4.69, 9.17) is 4.74 Å². The van der Waals surface area contributed by atoms with E-state index in [2.05, 4.69) is 25.6 Å². The fourth-order valence-corrected chi connectivity index (χ4v) is 3.43. The van der Waals surface area contributed by atoms with E-state index >= 15 is 0 Å². The molecule has 0 radical (unpaired) electrons. The first-order valence-corrected chi connectivity index (χ1v) is 10.7. The second kappa shape index (κ2) is 9.34. The van der Waals surface area contributed by atoms with Crippen LogP contribution >= 0.6 is 0 Å². The standard InChI is InChI=1S/C22H29N7O3/c1-13(2)25-18-17-15(9-16(10-23)26-18)11-24-20(27-17)28-19(30)14-7-6-8-29(12-14)21(31)32-22(3,4)5/h9,11,13-14H,6-8,12H2,1-5H3,(H,25,26)(H,24,27,28,30)/t14-/m0/s1. The van der Waals surface area contributed by atoms with E-state index in [1.807, 2.05) is 40.7 Å². The number of carbonyl (C=O) groups excluding carboxylic acids is 2. The fraction of sp³-hybridized carbons (Fsp3) is 0.545. The number of anilines is 2. The van der Waals surface area contributed by atoms with Crippen LogP contribution in [-0.2, 0) is 9.53 Å². The van der Waals surface area contributed by atoms with Crippen LogP contribution in [0.2, 0.25) is 0 Å². The average Bonchev–Trinajstić information content (AvgIpc) is 2.72. The van der Waals surface area contributed by atoms with Crippen LogP contribution in [0, 0.1) is 17.2 Å². The summed E-state index contributed by atoms with van der Waals surface area (Å²) >= 11 is 0. The molecule has 1 fully saturated rings. The Labute approximate surface area is 187 Å². The van der Waals surface area contributed by atoms with Crippen LogP contribution in [0.5, 0.6) is 0 Å². The minimum absolute atomic E-state index is 0.0775. The molecule has 0 bridgehead atoms. The number of aromatic nitrogens is 3. The number of fused-ring (bicyclic) bond motifs is 1. The Hall–Kier alpha value is -3.48. The third-order valence-corrected chi connectivity index (χ3v) is 4.78. The molecule has 1 saturated heterocycles. The van der Waals surface area contributed by atoms with Gasteiger partial charge in [-0.3, -0.25) is 10.1 Å². The quantitative estimate of drug-likeness (QED) is 0.741. The van der Waals surface area contributed by atoms with Crippen LogP contribution in [0.1, 0.15) is 53.2 Å².